The molecule has 0 aromatic heterocycles. The van der Waals surface area contributed by atoms with Crippen molar-refractivity contribution in [3.8, 4) is 0 Å². The highest BCUT2D eigenvalue weighted by Crippen LogP contribution is 2.29. The van der Waals surface area contributed by atoms with Crippen LogP contribution in [0.4, 0.5) is 9.18 Å². The Morgan fingerprint density at radius 2 is 1.77 bits per heavy atom. The average molecular weight is 364 g/mol. The summed E-state index contributed by atoms with van der Waals surface area (Å²) in [5, 5.41) is 0.585. The second kappa shape index (κ2) is 6.35. The number of rotatable bonds is 3. The number of carbonyl (C=O) groups excluding carboxylic acids is 3. The number of hydrogen-bond donors (Lipinski definition) is 0. The smallest absolute Gasteiger partial charge is 0.410 e. The molecule has 1 aromatic carbocycles. The number of benzene rings is 1. The van der Waals surface area contributed by atoms with Crippen molar-refractivity contribution in [2.75, 3.05) is 19.7 Å². The minimum absolute atomic E-state index is 0.0371. The van der Waals surface area contributed by atoms with Crippen molar-refractivity contribution in [2.24, 2.45) is 0 Å². The Bertz CT molecular complexity index is 725. The third-order valence-electron chi connectivity index (χ3n) is 4.16. The fraction of sp³-hybridized carbons (Fsp3) is 0.500. The maximum atomic E-state index is 15.0. The van der Waals surface area contributed by atoms with Crippen LogP contribution in [0.2, 0.25) is 0 Å². The summed E-state index contributed by atoms with van der Waals surface area (Å²) in [5.74, 6) is -1.23. The molecular weight excluding hydrogens is 343 g/mol. The van der Waals surface area contributed by atoms with Crippen molar-refractivity contribution in [1.82, 2.24) is 9.96 Å². The lowest BCUT2D eigenvalue weighted by molar-refractivity contribution is -0.124. The van der Waals surface area contributed by atoms with E-state index in [2.05, 4.69) is 0 Å². The standard InChI is InChI=1S/C18H21FN2O5/c1-17(2,3)26-16(24)20-9-8-18(19,10-20)11-25-21-14(22)12-6-4-5-7-13(12)15(21)23/h4-7H,8-11H2,1-3H3. The molecule has 0 spiro atoms. The molecule has 0 saturated carbocycles. The van der Waals surface area contributed by atoms with E-state index in [0.717, 1.165) is 0 Å². The zero-order chi connectivity index (χ0) is 19.1. The highest BCUT2D eigenvalue weighted by Gasteiger charge is 2.44. The summed E-state index contributed by atoms with van der Waals surface area (Å²) in [4.78, 5) is 42.9. The van der Waals surface area contributed by atoms with Gasteiger partial charge in [0.1, 0.15) is 12.2 Å². The van der Waals surface area contributed by atoms with Crippen LogP contribution in [0.3, 0.4) is 0 Å². The quantitative estimate of drug-likeness (QED) is 0.771. The zero-order valence-corrected chi connectivity index (χ0v) is 15.0. The summed E-state index contributed by atoms with van der Waals surface area (Å²) in [6.45, 7) is 4.65. The fourth-order valence-electron chi connectivity index (χ4n) is 2.90. The van der Waals surface area contributed by atoms with Gasteiger partial charge in [0, 0.05) is 13.0 Å². The number of imide groups is 1. The highest BCUT2D eigenvalue weighted by atomic mass is 19.1. The molecule has 1 fully saturated rings. The molecule has 1 atom stereocenters. The first-order chi connectivity index (χ1) is 12.1. The van der Waals surface area contributed by atoms with Gasteiger partial charge in [-0.15, -0.1) is 5.06 Å². The summed E-state index contributed by atoms with van der Waals surface area (Å²) < 4.78 is 20.2. The number of hydroxylamine groups is 2. The predicted molar refractivity (Wildman–Crippen MR) is 89.2 cm³/mol. The van der Waals surface area contributed by atoms with Gasteiger partial charge in [-0.3, -0.25) is 14.4 Å². The van der Waals surface area contributed by atoms with Crippen molar-refractivity contribution < 1.29 is 28.3 Å². The van der Waals surface area contributed by atoms with Crippen LogP contribution >= 0.6 is 0 Å². The van der Waals surface area contributed by atoms with Crippen molar-refractivity contribution in [3.05, 3.63) is 35.4 Å². The van der Waals surface area contributed by atoms with E-state index in [1.165, 1.54) is 17.0 Å². The Morgan fingerprint density at radius 1 is 1.19 bits per heavy atom. The molecule has 1 unspecified atom stereocenters. The van der Waals surface area contributed by atoms with Crippen LogP contribution in [-0.2, 0) is 9.57 Å². The van der Waals surface area contributed by atoms with Gasteiger partial charge in [0.25, 0.3) is 11.8 Å². The normalized spacial score (nSPS) is 22.8. The van der Waals surface area contributed by atoms with Crippen molar-refractivity contribution in [2.45, 2.75) is 38.5 Å². The number of likely N-dealkylation sites (tertiary alicyclic amines) is 1. The lowest BCUT2D eigenvalue weighted by atomic mass is 10.1. The predicted octanol–water partition coefficient (Wildman–Crippen LogP) is 2.56. The van der Waals surface area contributed by atoms with E-state index < -0.39 is 35.8 Å². The van der Waals surface area contributed by atoms with Crippen molar-refractivity contribution >= 4 is 17.9 Å². The van der Waals surface area contributed by atoms with E-state index in [1.54, 1.807) is 32.9 Å². The van der Waals surface area contributed by atoms with Crippen molar-refractivity contribution in [1.29, 1.82) is 0 Å². The molecule has 3 rings (SSSR count). The Morgan fingerprint density at radius 3 is 2.31 bits per heavy atom. The second-order valence-corrected chi connectivity index (χ2v) is 7.53. The van der Waals surface area contributed by atoms with Gasteiger partial charge < -0.3 is 9.64 Å². The number of ether oxygens (including phenoxy) is 1. The van der Waals surface area contributed by atoms with Gasteiger partial charge in [-0.2, -0.15) is 0 Å². The molecule has 26 heavy (non-hydrogen) atoms. The monoisotopic (exact) mass is 364 g/mol. The largest absolute Gasteiger partial charge is 0.444 e. The zero-order valence-electron chi connectivity index (χ0n) is 15.0. The minimum Gasteiger partial charge on any atom is -0.444 e. The summed E-state index contributed by atoms with van der Waals surface area (Å²) in [7, 11) is 0. The second-order valence-electron chi connectivity index (χ2n) is 7.53. The van der Waals surface area contributed by atoms with E-state index >= 15 is 0 Å². The molecule has 3 amide bonds. The molecule has 140 valence electrons. The van der Waals surface area contributed by atoms with Gasteiger partial charge in [-0.25, -0.2) is 9.18 Å². The van der Waals surface area contributed by atoms with Gasteiger partial charge in [0.15, 0.2) is 5.67 Å². The average Bonchev–Trinajstić information content (AvgIpc) is 3.05. The Balaban J connectivity index is 1.60. The minimum atomic E-state index is -1.85. The Kier molecular flexibility index (Phi) is 4.47. The molecule has 2 heterocycles. The summed E-state index contributed by atoms with van der Waals surface area (Å²) in [6, 6.07) is 6.31. The molecule has 0 radical (unpaired) electrons. The molecule has 7 nitrogen and oxygen atoms in total. The summed E-state index contributed by atoms with van der Waals surface area (Å²) >= 11 is 0. The van der Waals surface area contributed by atoms with Crippen LogP contribution in [0, 0.1) is 0 Å². The molecule has 0 aliphatic carbocycles. The van der Waals surface area contributed by atoms with Gasteiger partial charge in [-0.1, -0.05) is 12.1 Å². The van der Waals surface area contributed by atoms with E-state index in [-0.39, 0.29) is 30.6 Å². The lowest BCUT2D eigenvalue weighted by Gasteiger charge is -2.26. The number of fused-ring (bicyclic) bond motifs is 1. The number of nitrogens with zero attached hydrogens (tertiary/aromatic N) is 2. The molecular formula is C18H21FN2O5. The molecule has 1 saturated heterocycles. The molecule has 2 aliphatic rings. The first-order valence-electron chi connectivity index (χ1n) is 8.37. The molecule has 8 heteroatoms. The number of amides is 3. The van der Waals surface area contributed by atoms with E-state index in [0.29, 0.717) is 5.06 Å². The SMILES string of the molecule is CC(C)(C)OC(=O)N1CCC(F)(CON2C(=O)c3ccccc3C2=O)C1. The van der Waals surface area contributed by atoms with E-state index in [4.69, 9.17) is 9.57 Å². The topological polar surface area (TPSA) is 76.2 Å². The van der Waals surface area contributed by atoms with Crippen LogP contribution in [0.15, 0.2) is 24.3 Å². The Hall–Kier alpha value is -2.48. The maximum absolute atomic E-state index is 15.0. The van der Waals surface area contributed by atoms with E-state index in [9.17, 15) is 18.8 Å². The van der Waals surface area contributed by atoms with Gasteiger partial charge >= 0.3 is 6.09 Å². The molecule has 1 aromatic rings. The van der Waals surface area contributed by atoms with Crippen LogP contribution in [0.25, 0.3) is 0 Å². The molecule has 0 N–H and O–H groups in total. The van der Waals surface area contributed by atoms with E-state index in [1.807, 2.05) is 0 Å². The lowest BCUT2D eigenvalue weighted by Crippen LogP contribution is -2.41. The molecule has 0 bridgehead atoms. The van der Waals surface area contributed by atoms with Crippen LogP contribution < -0.4 is 0 Å². The van der Waals surface area contributed by atoms with Gasteiger partial charge in [0.2, 0.25) is 0 Å². The number of hydrogen-bond acceptors (Lipinski definition) is 5. The third-order valence-corrected chi connectivity index (χ3v) is 4.16. The molecule has 2 aliphatic heterocycles. The van der Waals surface area contributed by atoms with Gasteiger partial charge in [-0.05, 0) is 32.9 Å². The first-order valence-corrected chi connectivity index (χ1v) is 8.37. The number of carbonyl (C=O) groups is 3. The maximum Gasteiger partial charge on any atom is 0.410 e. The van der Waals surface area contributed by atoms with Crippen LogP contribution in [0.1, 0.15) is 47.9 Å². The van der Waals surface area contributed by atoms with Gasteiger partial charge in [0.05, 0.1) is 17.7 Å². The number of alkyl halides is 1. The number of halogens is 1. The van der Waals surface area contributed by atoms with Crippen LogP contribution in [0.5, 0.6) is 0 Å². The first kappa shape index (κ1) is 18.3. The highest BCUT2D eigenvalue weighted by molar-refractivity contribution is 6.20. The van der Waals surface area contributed by atoms with Crippen LogP contribution in [-0.4, -0.2) is 58.8 Å². The Labute approximate surface area is 150 Å². The third kappa shape index (κ3) is 3.55. The van der Waals surface area contributed by atoms with Crippen molar-refractivity contribution in [3.63, 3.8) is 0 Å². The fourth-order valence-corrected chi connectivity index (χ4v) is 2.90. The summed E-state index contributed by atoms with van der Waals surface area (Å²) in [6.07, 6.45) is -0.562. The summed E-state index contributed by atoms with van der Waals surface area (Å²) in [5.41, 5.74) is -2.07.